The molecule has 0 heterocycles. The minimum atomic E-state index is -3.47. The van der Waals surface area contributed by atoms with Crippen molar-refractivity contribution in [2.75, 3.05) is 6.66 Å². The molecule has 0 saturated heterocycles. The van der Waals surface area contributed by atoms with Gasteiger partial charge in [0, 0.05) is 6.66 Å². The van der Waals surface area contributed by atoms with Crippen molar-refractivity contribution in [1.29, 1.82) is 0 Å². The van der Waals surface area contributed by atoms with E-state index in [1.165, 1.54) is 6.66 Å². The predicted octanol–water partition coefficient (Wildman–Crippen LogP) is 3.77. The molecule has 1 amide bonds. The van der Waals surface area contributed by atoms with Gasteiger partial charge in [-0.25, -0.2) is 4.79 Å². The molecule has 0 bridgehead atoms. The fourth-order valence-corrected chi connectivity index (χ4v) is 3.23. The molecule has 0 saturated carbocycles. The van der Waals surface area contributed by atoms with Crippen LogP contribution in [0.25, 0.3) is 0 Å². The molecular weight excluding hydrogens is 325 g/mol. The summed E-state index contributed by atoms with van der Waals surface area (Å²) in [4.78, 5) is 21.8. The van der Waals surface area contributed by atoms with Gasteiger partial charge in [0.15, 0.2) is 0 Å². The molecule has 0 fully saturated rings. The molecule has 5 nitrogen and oxygen atoms in total. The van der Waals surface area contributed by atoms with E-state index >= 15 is 0 Å². The van der Waals surface area contributed by atoms with Gasteiger partial charge < -0.3 is 14.9 Å². The van der Waals surface area contributed by atoms with Crippen molar-refractivity contribution in [2.45, 2.75) is 25.2 Å². The minimum absolute atomic E-state index is 0.123. The summed E-state index contributed by atoms with van der Waals surface area (Å²) in [7, 11) is -3.47. The van der Waals surface area contributed by atoms with Gasteiger partial charge in [-0.05, 0) is 24.0 Å². The number of nitrogens with one attached hydrogen (secondary N) is 1. The van der Waals surface area contributed by atoms with Crippen molar-refractivity contribution < 1.29 is 19.0 Å². The third kappa shape index (κ3) is 6.19. The Labute approximate surface area is 142 Å². The lowest BCUT2D eigenvalue weighted by Crippen LogP contribution is -2.35. The van der Waals surface area contributed by atoms with Gasteiger partial charge in [-0.15, -0.1) is 0 Å². The van der Waals surface area contributed by atoms with E-state index in [-0.39, 0.29) is 6.61 Å². The first-order valence-electron chi connectivity index (χ1n) is 7.76. The molecule has 2 aromatic carbocycles. The highest BCUT2D eigenvalue weighted by Gasteiger charge is 2.27. The van der Waals surface area contributed by atoms with Crippen LogP contribution in [-0.4, -0.2) is 23.4 Å². The second-order valence-corrected chi connectivity index (χ2v) is 8.20. The quantitative estimate of drug-likeness (QED) is 0.748. The van der Waals surface area contributed by atoms with E-state index in [0.29, 0.717) is 12.8 Å². The number of rotatable bonds is 7. The van der Waals surface area contributed by atoms with Crippen molar-refractivity contribution in [3.05, 3.63) is 71.8 Å². The van der Waals surface area contributed by atoms with Crippen LogP contribution in [0.15, 0.2) is 60.7 Å². The largest absolute Gasteiger partial charge is 0.445 e. The molecule has 0 aliphatic rings. The average Bonchev–Trinajstić information content (AvgIpc) is 2.57. The number of aryl methyl sites for hydroxylation is 1. The topological polar surface area (TPSA) is 75.6 Å². The van der Waals surface area contributed by atoms with E-state index < -0.39 is 19.2 Å². The van der Waals surface area contributed by atoms with Crippen molar-refractivity contribution in [3.63, 3.8) is 0 Å². The molecule has 2 aromatic rings. The van der Waals surface area contributed by atoms with E-state index in [4.69, 9.17) is 4.74 Å². The zero-order valence-corrected chi connectivity index (χ0v) is 14.5. The summed E-state index contributed by atoms with van der Waals surface area (Å²) in [5, 5.41) is 2.52. The maximum absolute atomic E-state index is 12.0. The molecule has 0 spiro atoms. The zero-order valence-electron chi connectivity index (χ0n) is 13.6. The fraction of sp³-hybridized carbons (Fsp3) is 0.278. The van der Waals surface area contributed by atoms with Gasteiger partial charge in [0.2, 0.25) is 7.37 Å². The Morgan fingerprint density at radius 1 is 1.08 bits per heavy atom. The lowest BCUT2D eigenvalue weighted by atomic mass is 10.1. The predicted molar refractivity (Wildman–Crippen MR) is 94.1 cm³/mol. The zero-order chi connectivity index (χ0) is 17.4. The van der Waals surface area contributed by atoms with Gasteiger partial charge in [0.25, 0.3) is 0 Å². The summed E-state index contributed by atoms with van der Waals surface area (Å²) in [5.74, 6) is -0.832. The van der Waals surface area contributed by atoms with Crippen LogP contribution >= 0.6 is 7.37 Å². The van der Waals surface area contributed by atoms with E-state index in [2.05, 4.69) is 5.32 Å². The Balaban J connectivity index is 1.88. The maximum Gasteiger partial charge on any atom is 0.408 e. The molecule has 2 N–H and O–H groups in total. The van der Waals surface area contributed by atoms with Gasteiger partial charge in [0.1, 0.15) is 12.4 Å². The van der Waals surface area contributed by atoms with Crippen molar-refractivity contribution >= 4 is 13.5 Å². The van der Waals surface area contributed by atoms with Crippen LogP contribution in [-0.2, 0) is 22.3 Å². The second kappa shape index (κ2) is 8.67. The summed E-state index contributed by atoms with van der Waals surface area (Å²) >= 11 is 0. The Morgan fingerprint density at radius 2 is 1.62 bits per heavy atom. The number of hydrogen-bond donors (Lipinski definition) is 2. The lowest BCUT2D eigenvalue weighted by molar-refractivity contribution is 0.137. The van der Waals surface area contributed by atoms with Crippen LogP contribution < -0.4 is 5.32 Å². The van der Waals surface area contributed by atoms with Crippen LogP contribution in [0.5, 0.6) is 0 Å². The van der Waals surface area contributed by atoms with Crippen LogP contribution in [0.3, 0.4) is 0 Å². The summed E-state index contributed by atoms with van der Waals surface area (Å²) in [5.41, 5.74) is 1.91. The first-order chi connectivity index (χ1) is 11.4. The number of ether oxygens (including phenoxy) is 1. The van der Waals surface area contributed by atoms with Gasteiger partial charge in [-0.3, -0.25) is 4.57 Å². The van der Waals surface area contributed by atoms with E-state index in [0.717, 1.165) is 11.1 Å². The number of carbonyl (C=O) groups is 1. The minimum Gasteiger partial charge on any atom is -0.445 e. The highest BCUT2D eigenvalue weighted by Crippen LogP contribution is 2.42. The number of hydrogen-bond acceptors (Lipinski definition) is 3. The average molecular weight is 347 g/mol. The maximum atomic E-state index is 12.0. The molecule has 2 unspecified atom stereocenters. The van der Waals surface area contributed by atoms with Gasteiger partial charge in [-0.1, -0.05) is 60.7 Å². The fourth-order valence-electron chi connectivity index (χ4n) is 2.28. The smallest absolute Gasteiger partial charge is 0.408 e. The molecule has 2 atom stereocenters. The Hall–Kier alpha value is -2.10. The van der Waals surface area contributed by atoms with Crippen LogP contribution in [0.4, 0.5) is 4.79 Å². The molecule has 2 rings (SSSR count). The summed E-state index contributed by atoms with van der Waals surface area (Å²) in [6.45, 7) is 1.37. The summed E-state index contributed by atoms with van der Waals surface area (Å²) in [6.07, 6.45) is 0.283. The molecule has 24 heavy (non-hydrogen) atoms. The number of amides is 1. The van der Waals surface area contributed by atoms with Crippen molar-refractivity contribution in [3.8, 4) is 0 Å². The Kier molecular flexibility index (Phi) is 6.59. The highest BCUT2D eigenvalue weighted by atomic mass is 31.2. The van der Waals surface area contributed by atoms with E-state index in [1.54, 1.807) is 0 Å². The third-order valence-electron chi connectivity index (χ3n) is 3.62. The number of alkyl carbamates (subject to hydrolysis) is 1. The molecule has 0 aromatic heterocycles. The molecular formula is C18H22NO4P. The standard InChI is InChI=1S/C18H22NO4P/c1-24(21,22)17(13-12-15-8-4-2-5-9-15)19-18(20)23-14-16-10-6-3-7-11-16/h2-11,17H,12-14H2,1H3,(H,19,20)(H,21,22). The molecule has 128 valence electrons. The first kappa shape index (κ1) is 18.2. The molecule has 0 aliphatic carbocycles. The summed E-state index contributed by atoms with van der Waals surface area (Å²) < 4.78 is 17.2. The third-order valence-corrected chi connectivity index (χ3v) is 5.17. The highest BCUT2D eigenvalue weighted by molar-refractivity contribution is 7.57. The molecule has 0 aliphatic heterocycles. The van der Waals surface area contributed by atoms with Gasteiger partial charge in [-0.2, -0.15) is 0 Å². The monoisotopic (exact) mass is 347 g/mol. The van der Waals surface area contributed by atoms with E-state index in [9.17, 15) is 14.3 Å². The number of carbonyl (C=O) groups excluding carboxylic acids is 1. The van der Waals surface area contributed by atoms with Crippen LogP contribution in [0.1, 0.15) is 17.5 Å². The summed E-state index contributed by atoms with van der Waals surface area (Å²) in [6, 6.07) is 18.9. The molecule has 0 radical (unpaired) electrons. The lowest BCUT2D eigenvalue weighted by Gasteiger charge is -2.21. The normalized spacial score (nSPS) is 14.4. The molecule has 6 heteroatoms. The Bertz CT molecular complexity index is 685. The second-order valence-electron chi connectivity index (χ2n) is 5.69. The first-order valence-corrected chi connectivity index (χ1v) is 9.94. The number of benzene rings is 2. The van der Waals surface area contributed by atoms with Crippen LogP contribution in [0.2, 0.25) is 0 Å². The Morgan fingerprint density at radius 3 is 2.17 bits per heavy atom. The van der Waals surface area contributed by atoms with Gasteiger partial charge in [0.05, 0.1) is 0 Å². The van der Waals surface area contributed by atoms with Crippen LogP contribution in [0, 0.1) is 0 Å². The van der Waals surface area contributed by atoms with Gasteiger partial charge >= 0.3 is 6.09 Å². The SMILES string of the molecule is CP(=O)(O)C(CCc1ccccc1)NC(=O)OCc1ccccc1. The van der Waals surface area contributed by atoms with Crippen molar-refractivity contribution in [2.24, 2.45) is 0 Å². The van der Waals surface area contributed by atoms with E-state index in [1.807, 2.05) is 60.7 Å². The van der Waals surface area contributed by atoms with Crippen molar-refractivity contribution in [1.82, 2.24) is 5.32 Å².